The SMILES string of the molecule is COc1ccc(-c2cnc(CC(CN)CC(C)C)[nH]2)cc1. The van der Waals surface area contributed by atoms with E-state index in [9.17, 15) is 0 Å². The van der Waals surface area contributed by atoms with Crippen LogP contribution in [0.5, 0.6) is 5.75 Å². The molecule has 1 heterocycles. The third kappa shape index (κ3) is 4.33. The third-order valence-electron chi connectivity index (χ3n) is 3.65. The van der Waals surface area contributed by atoms with E-state index < -0.39 is 0 Å². The van der Waals surface area contributed by atoms with Gasteiger partial charge in [0.15, 0.2) is 0 Å². The van der Waals surface area contributed by atoms with Gasteiger partial charge in [-0.2, -0.15) is 0 Å². The molecule has 0 bridgehead atoms. The van der Waals surface area contributed by atoms with E-state index >= 15 is 0 Å². The molecule has 0 fully saturated rings. The largest absolute Gasteiger partial charge is 0.497 e. The monoisotopic (exact) mass is 287 g/mol. The van der Waals surface area contributed by atoms with Crippen LogP contribution in [0.1, 0.15) is 26.1 Å². The average molecular weight is 287 g/mol. The van der Waals surface area contributed by atoms with Crippen LogP contribution in [0.4, 0.5) is 0 Å². The van der Waals surface area contributed by atoms with Gasteiger partial charge in [-0.15, -0.1) is 0 Å². The van der Waals surface area contributed by atoms with Crippen molar-refractivity contribution in [2.75, 3.05) is 13.7 Å². The Morgan fingerprint density at radius 3 is 2.52 bits per heavy atom. The quantitative estimate of drug-likeness (QED) is 0.821. The van der Waals surface area contributed by atoms with Crippen molar-refractivity contribution in [2.45, 2.75) is 26.7 Å². The molecule has 1 aromatic carbocycles. The van der Waals surface area contributed by atoms with Crippen LogP contribution in [0.2, 0.25) is 0 Å². The predicted octanol–water partition coefficient (Wildman–Crippen LogP) is 3.25. The molecule has 0 radical (unpaired) electrons. The maximum atomic E-state index is 5.86. The second-order valence-electron chi connectivity index (χ2n) is 5.91. The summed E-state index contributed by atoms with van der Waals surface area (Å²) in [6.07, 6.45) is 3.93. The van der Waals surface area contributed by atoms with Crippen molar-refractivity contribution < 1.29 is 4.74 Å². The van der Waals surface area contributed by atoms with Crippen molar-refractivity contribution in [3.63, 3.8) is 0 Å². The van der Waals surface area contributed by atoms with Gasteiger partial charge in [-0.05, 0) is 54.6 Å². The summed E-state index contributed by atoms with van der Waals surface area (Å²) in [5, 5.41) is 0. The topological polar surface area (TPSA) is 63.9 Å². The van der Waals surface area contributed by atoms with Gasteiger partial charge < -0.3 is 15.5 Å². The molecule has 4 heteroatoms. The Labute approximate surface area is 126 Å². The molecule has 0 aliphatic carbocycles. The molecule has 4 nitrogen and oxygen atoms in total. The zero-order valence-electron chi connectivity index (χ0n) is 13.1. The summed E-state index contributed by atoms with van der Waals surface area (Å²) >= 11 is 0. The number of nitrogens with two attached hydrogens (primary N) is 1. The second-order valence-corrected chi connectivity index (χ2v) is 5.91. The molecule has 1 unspecified atom stereocenters. The summed E-state index contributed by atoms with van der Waals surface area (Å²) < 4.78 is 5.17. The van der Waals surface area contributed by atoms with E-state index in [-0.39, 0.29) is 0 Å². The summed E-state index contributed by atoms with van der Waals surface area (Å²) in [5.74, 6) is 3.02. The van der Waals surface area contributed by atoms with Gasteiger partial charge in [-0.25, -0.2) is 4.98 Å². The van der Waals surface area contributed by atoms with E-state index in [1.807, 2.05) is 30.5 Å². The van der Waals surface area contributed by atoms with Crippen molar-refractivity contribution in [1.82, 2.24) is 9.97 Å². The van der Waals surface area contributed by atoms with Crippen LogP contribution in [0, 0.1) is 11.8 Å². The molecule has 0 saturated carbocycles. The number of benzene rings is 1. The molecule has 1 aromatic heterocycles. The predicted molar refractivity (Wildman–Crippen MR) is 86.3 cm³/mol. The highest BCUT2D eigenvalue weighted by Crippen LogP contribution is 2.22. The fraction of sp³-hybridized carbons (Fsp3) is 0.471. The normalized spacial score (nSPS) is 12.6. The summed E-state index contributed by atoms with van der Waals surface area (Å²) in [7, 11) is 1.67. The van der Waals surface area contributed by atoms with Crippen LogP contribution >= 0.6 is 0 Å². The number of hydrogen-bond donors (Lipinski definition) is 2. The van der Waals surface area contributed by atoms with Gasteiger partial charge in [0.2, 0.25) is 0 Å². The van der Waals surface area contributed by atoms with E-state index in [0.29, 0.717) is 18.4 Å². The van der Waals surface area contributed by atoms with Gasteiger partial charge in [0.1, 0.15) is 11.6 Å². The molecule has 0 aliphatic rings. The first kappa shape index (κ1) is 15.6. The number of aromatic amines is 1. The Hall–Kier alpha value is -1.81. The fourth-order valence-electron chi connectivity index (χ4n) is 2.59. The molecule has 1 atom stereocenters. The number of hydrogen-bond acceptors (Lipinski definition) is 3. The summed E-state index contributed by atoms with van der Waals surface area (Å²) in [5.41, 5.74) is 8.01. The van der Waals surface area contributed by atoms with Crippen LogP contribution in [0.25, 0.3) is 11.3 Å². The minimum atomic E-state index is 0.486. The van der Waals surface area contributed by atoms with Crippen LogP contribution in [0.15, 0.2) is 30.5 Å². The highest BCUT2D eigenvalue weighted by molar-refractivity contribution is 5.59. The number of aromatic nitrogens is 2. The number of H-pyrrole nitrogens is 1. The van der Waals surface area contributed by atoms with Gasteiger partial charge in [-0.3, -0.25) is 0 Å². The van der Waals surface area contributed by atoms with Crippen LogP contribution in [-0.2, 0) is 6.42 Å². The number of ether oxygens (including phenoxy) is 1. The summed E-state index contributed by atoms with van der Waals surface area (Å²) in [6.45, 7) is 5.16. The minimum absolute atomic E-state index is 0.486. The lowest BCUT2D eigenvalue weighted by Gasteiger charge is -2.15. The Morgan fingerprint density at radius 1 is 1.24 bits per heavy atom. The Kier molecular flexibility index (Phi) is 5.39. The average Bonchev–Trinajstić information content (AvgIpc) is 2.94. The van der Waals surface area contributed by atoms with E-state index in [1.54, 1.807) is 7.11 Å². The molecule has 0 amide bonds. The van der Waals surface area contributed by atoms with Gasteiger partial charge in [-0.1, -0.05) is 13.8 Å². The molecule has 0 saturated heterocycles. The first-order valence-electron chi connectivity index (χ1n) is 7.50. The van der Waals surface area contributed by atoms with Crippen molar-refractivity contribution >= 4 is 0 Å². The smallest absolute Gasteiger partial charge is 0.118 e. The van der Waals surface area contributed by atoms with Crippen molar-refractivity contribution in [3.8, 4) is 17.0 Å². The molecule has 21 heavy (non-hydrogen) atoms. The Balaban J connectivity index is 2.06. The number of rotatable bonds is 7. The number of methoxy groups -OCH3 is 1. The molecule has 114 valence electrons. The van der Waals surface area contributed by atoms with Crippen molar-refractivity contribution in [2.24, 2.45) is 17.6 Å². The third-order valence-corrected chi connectivity index (χ3v) is 3.65. The lowest BCUT2D eigenvalue weighted by Crippen LogP contribution is -2.19. The maximum Gasteiger partial charge on any atom is 0.118 e. The second kappa shape index (κ2) is 7.27. The lowest BCUT2D eigenvalue weighted by molar-refractivity contribution is 0.409. The van der Waals surface area contributed by atoms with Crippen molar-refractivity contribution in [3.05, 3.63) is 36.3 Å². The molecular formula is C17H25N3O. The first-order valence-corrected chi connectivity index (χ1v) is 7.50. The van der Waals surface area contributed by atoms with Crippen LogP contribution in [0.3, 0.4) is 0 Å². The number of nitrogens with zero attached hydrogens (tertiary/aromatic N) is 1. The van der Waals surface area contributed by atoms with Crippen LogP contribution in [-0.4, -0.2) is 23.6 Å². The zero-order chi connectivity index (χ0) is 15.2. The minimum Gasteiger partial charge on any atom is -0.497 e. The molecule has 2 rings (SSSR count). The molecule has 3 N–H and O–H groups in total. The van der Waals surface area contributed by atoms with Crippen LogP contribution < -0.4 is 10.5 Å². The Morgan fingerprint density at radius 2 is 1.95 bits per heavy atom. The van der Waals surface area contributed by atoms with E-state index in [0.717, 1.165) is 35.7 Å². The fourth-order valence-corrected chi connectivity index (χ4v) is 2.59. The standard InChI is InChI=1S/C17H25N3O/c1-12(2)8-13(10-18)9-17-19-11-16(20-17)14-4-6-15(21-3)7-5-14/h4-7,11-13H,8-10,18H2,1-3H3,(H,19,20). The molecule has 0 aliphatic heterocycles. The molecule has 2 aromatic rings. The van der Waals surface area contributed by atoms with E-state index in [2.05, 4.69) is 23.8 Å². The first-order chi connectivity index (χ1) is 10.1. The number of imidazole rings is 1. The number of nitrogens with one attached hydrogen (secondary N) is 1. The van der Waals surface area contributed by atoms with E-state index in [4.69, 9.17) is 10.5 Å². The van der Waals surface area contributed by atoms with Gasteiger partial charge in [0.25, 0.3) is 0 Å². The van der Waals surface area contributed by atoms with Gasteiger partial charge >= 0.3 is 0 Å². The zero-order valence-corrected chi connectivity index (χ0v) is 13.1. The van der Waals surface area contributed by atoms with E-state index in [1.165, 1.54) is 0 Å². The highest BCUT2D eigenvalue weighted by Gasteiger charge is 2.12. The lowest BCUT2D eigenvalue weighted by atomic mass is 9.94. The molecular weight excluding hydrogens is 262 g/mol. The van der Waals surface area contributed by atoms with Gasteiger partial charge in [0, 0.05) is 6.42 Å². The van der Waals surface area contributed by atoms with Crippen molar-refractivity contribution in [1.29, 1.82) is 0 Å². The summed E-state index contributed by atoms with van der Waals surface area (Å²) in [6, 6.07) is 7.98. The Bertz CT molecular complexity index is 545. The molecule has 0 spiro atoms. The summed E-state index contributed by atoms with van der Waals surface area (Å²) in [4.78, 5) is 7.89. The maximum absolute atomic E-state index is 5.86. The van der Waals surface area contributed by atoms with Gasteiger partial charge in [0.05, 0.1) is 19.0 Å². The highest BCUT2D eigenvalue weighted by atomic mass is 16.5.